The Morgan fingerprint density at radius 2 is 2.28 bits per heavy atom. The number of urea groups is 1. The molecule has 2 rings (SSSR count). The summed E-state index contributed by atoms with van der Waals surface area (Å²) in [5.74, 6) is 0.934. The van der Waals surface area contributed by atoms with Crippen molar-refractivity contribution >= 4 is 11.7 Å². The van der Waals surface area contributed by atoms with E-state index in [4.69, 9.17) is 4.74 Å². The Balaban J connectivity index is 1.80. The zero-order valence-electron chi connectivity index (χ0n) is 10.8. The quantitative estimate of drug-likeness (QED) is 0.787. The van der Waals surface area contributed by atoms with Crippen LogP contribution in [0.1, 0.15) is 31.7 Å². The molecular formula is C14H20N2O2. The van der Waals surface area contributed by atoms with E-state index in [-0.39, 0.29) is 6.03 Å². The van der Waals surface area contributed by atoms with E-state index in [0.29, 0.717) is 0 Å². The van der Waals surface area contributed by atoms with Crippen LogP contribution in [0.5, 0.6) is 5.75 Å². The van der Waals surface area contributed by atoms with Crippen molar-refractivity contribution in [3.8, 4) is 5.75 Å². The zero-order chi connectivity index (χ0) is 12.8. The van der Waals surface area contributed by atoms with Crippen LogP contribution >= 0.6 is 0 Å². The second-order valence-corrected chi connectivity index (χ2v) is 4.51. The molecule has 0 fully saturated rings. The van der Waals surface area contributed by atoms with Gasteiger partial charge in [-0.2, -0.15) is 0 Å². The van der Waals surface area contributed by atoms with Crippen LogP contribution in [0.3, 0.4) is 0 Å². The molecule has 0 bridgehead atoms. The number of rotatable bonds is 5. The van der Waals surface area contributed by atoms with E-state index in [1.807, 2.05) is 18.2 Å². The van der Waals surface area contributed by atoms with E-state index < -0.39 is 0 Å². The number of benzene rings is 1. The second-order valence-electron chi connectivity index (χ2n) is 4.51. The lowest BCUT2D eigenvalue weighted by molar-refractivity contribution is 0.252. The molecule has 1 aromatic carbocycles. The monoisotopic (exact) mass is 248 g/mol. The number of nitrogens with one attached hydrogen (secondary N) is 2. The number of hydrogen-bond acceptors (Lipinski definition) is 2. The molecule has 0 unspecified atom stereocenters. The van der Waals surface area contributed by atoms with Crippen LogP contribution < -0.4 is 15.4 Å². The normalized spacial score (nSPS) is 12.7. The Hall–Kier alpha value is -1.71. The number of carbonyl (C=O) groups excluding carboxylic acids is 1. The SMILES string of the molecule is CCCCCNC(=O)Nc1ccc2c(c1)CCO2. The third-order valence-electron chi connectivity index (χ3n) is 3.01. The Bertz CT molecular complexity index is 418. The lowest BCUT2D eigenvalue weighted by atomic mass is 10.1. The molecule has 18 heavy (non-hydrogen) atoms. The fourth-order valence-electron chi connectivity index (χ4n) is 2.02. The van der Waals surface area contributed by atoms with Gasteiger partial charge < -0.3 is 15.4 Å². The smallest absolute Gasteiger partial charge is 0.319 e. The maximum Gasteiger partial charge on any atom is 0.319 e. The molecule has 0 atom stereocenters. The molecule has 2 N–H and O–H groups in total. The summed E-state index contributed by atoms with van der Waals surface area (Å²) in [6, 6.07) is 5.63. The number of fused-ring (bicyclic) bond motifs is 1. The molecule has 4 nitrogen and oxygen atoms in total. The van der Waals surface area contributed by atoms with E-state index in [2.05, 4.69) is 17.6 Å². The summed E-state index contributed by atoms with van der Waals surface area (Å²) in [7, 11) is 0. The molecule has 1 heterocycles. The summed E-state index contributed by atoms with van der Waals surface area (Å²) in [6.45, 7) is 3.61. The highest BCUT2D eigenvalue weighted by atomic mass is 16.5. The highest BCUT2D eigenvalue weighted by molar-refractivity contribution is 5.89. The third-order valence-corrected chi connectivity index (χ3v) is 3.01. The van der Waals surface area contributed by atoms with Gasteiger partial charge in [-0.15, -0.1) is 0 Å². The van der Waals surface area contributed by atoms with Crippen LogP contribution in [0.2, 0.25) is 0 Å². The predicted octanol–water partition coefficient (Wildman–Crippen LogP) is 2.93. The van der Waals surface area contributed by atoms with Gasteiger partial charge in [0.2, 0.25) is 0 Å². The molecule has 0 aliphatic carbocycles. The molecule has 98 valence electrons. The van der Waals surface area contributed by atoms with Crippen molar-refractivity contribution in [2.45, 2.75) is 32.6 Å². The fourth-order valence-corrected chi connectivity index (χ4v) is 2.02. The molecule has 0 aromatic heterocycles. The summed E-state index contributed by atoms with van der Waals surface area (Å²) in [4.78, 5) is 11.6. The van der Waals surface area contributed by atoms with Crippen molar-refractivity contribution < 1.29 is 9.53 Å². The fraction of sp³-hybridized carbons (Fsp3) is 0.500. The first-order valence-electron chi connectivity index (χ1n) is 6.60. The second kappa shape index (κ2) is 6.28. The molecule has 1 aromatic rings. The molecule has 2 amide bonds. The summed E-state index contributed by atoms with van der Waals surface area (Å²) in [6.07, 6.45) is 4.26. The Morgan fingerprint density at radius 3 is 3.11 bits per heavy atom. The number of amides is 2. The standard InChI is InChI=1S/C14H20N2O2/c1-2-3-4-8-15-14(17)16-12-5-6-13-11(10-12)7-9-18-13/h5-6,10H,2-4,7-9H2,1H3,(H2,15,16,17). The van der Waals surface area contributed by atoms with Crippen LogP contribution in [0.15, 0.2) is 18.2 Å². The maximum absolute atomic E-state index is 11.6. The largest absolute Gasteiger partial charge is 0.493 e. The van der Waals surface area contributed by atoms with Gasteiger partial charge in [-0.1, -0.05) is 19.8 Å². The number of ether oxygens (including phenoxy) is 1. The lowest BCUT2D eigenvalue weighted by Gasteiger charge is -2.08. The average Bonchev–Trinajstić information content (AvgIpc) is 2.82. The van der Waals surface area contributed by atoms with Crippen LogP contribution in [-0.2, 0) is 6.42 Å². The summed E-state index contributed by atoms with van der Waals surface area (Å²) in [5.41, 5.74) is 1.99. The molecular weight excluding hydrogens is 228 g/mol. The maximum atomic E-state index is 11.6. The molecule has 0 radical (unpaired) electrons. The Labute approximate surface area is 108 Å². The van der Waals surface area contributed by atoms with Gasteiger partial charge in [0.1, 0.15) is 5.75 Å². The number of carbonyl (C=O) groups is 1. The molecule has 4 heteroatoms. The van der Waals surface area contributed by atoms with Crippen molar-refractivity contribution in [2.24, 2.45) is 0 Å². The van der Waals surface area contributed by atoms with Crippen molar-refractivity contribution in [1.29, 1.82) is 0 Å². The van der Waals surface area contributed by atoms with Crippen molar-refractivity contribution in [2.75, 3.05) is 18.5 Å². The van der Waals surface area contributed by atoms with Gasteiger partial charge in [0.15, 0.2) is 0 Å². The highest BCUT2D eigenvalue weighted by Gasteiger charge is 2.12. The van der Waals surface area contributed by atoms with Crippen LogP contribution in [0.25, 0.3) is 0 Å². The van der Waals surface area contributed by atoms with Gasteiger partial charge >= 0.3 is 6.03 Å². The summed E-state index contributed by atoms with van der Waals surface area (Å²) in [5, 5.41) is 5.70. The van der Waals surface area contributed by atoms with E-state index in [9.17, 15) is 4.79 Å². The average molecular weight is 248 g/mol. The minimum absolute atomic E-state index is 0.134. The summed E-state index contributed by atoms with van der Waals surface area (Å²) < 4.78 is 5.42. The van der Waals surface area contributed by atoms with Gasteiger partial charge in [-0.25, -0.2) is 4.79 Å². The predicted molar refractivity (Wildman–Crippen MR) is 72.2 cm³/mol. The van der Waals surface area contributed by atoms with Crippen LogP contribution in [0, 0.1) is 0 Å². The highest BCUT2D eigenvalue weighted by Crippen LogP contribution is 2.27. The zero-order valence-corrected chi connectivity index (χ0v) is 10.8. The van der Waals surface area contributed by atoms with Gasteiger partial charge in [-0.3, -0.25) is 0 Å². The first-order chi connectivity index (χ1) is 8.79. The molecule has 0 spiro atoms. The number of anilines is 1. The Kier molecular flexibility index (Phi) is 4.45. The molecule has 0 saturated heterocycles. The van der Waals surface area contributed by atoms with Gasteiger partial charge in [0, 0.05) is 18.7 Å². The Morgan fingerprint density at radius 1 is 1.39 bits per heavy atom. The first-order valence-corrected chi connectivity index (χ1v) is 6.60. The molecule has 0 saturated carbocycles. The summed E-state index contributed by atoms with van der Waals surface area (Å²) >= 11 is 0. The van der Waals surface area contributed by atoms with Gasteiger partial charge in [0.05, 0.1) is 6.61 Å². The first kappa shape index (κ1) is 12.7. The van der Waals surface area contributed by atoms with Crippen molar-refractivity contribution in [3.05, 3.63) is 23.8 Å². The number of unbranched alkanes of at least 4 members (excludes halogenated alkanes) is 2. The van der Waals surface area contributed by atoms with E-state index in [0.717, 1.165) is 50.3 Å². The van der Waals surface area contributed by atoms with E-state index in [1.54, 1.807) is 0 Å². The number of hydrogen-bond donors (Lipinski definition) is 2. The minimum Gasteiger partial charge on any atom is -0.493 e. The van der Waals surface area contributed by atoms with Crippen molar-refractivity contribution in [1.82, 2.24) is 5.32 Å². The minimum atomic E-state index is -0.134. The topological polar surface area (TPSA) is 50.4 Å². The molecule has 1 aliphatic heterocycles. The van der Waals surface area contributed by atoms with E-state index >= 15 is 0 Å². The third kappa shape index (κ3) is 3.39. The van der Waals surface area contributed by atoms with Crippen molar-refractivity contribution in [3.63, 3.8) is 0 Å². The van der Waals surface area contributed by atoms with Gasteiger partial charge in [0.25, 0.3) is 0 Å². The van der Waals surface area contributed by atoms with Crippen LogP contribution in [-0.4, -0.2) is 19.2 Å². The molecule has 1 aliphatic rings. The van der Waals surface area contributed by atoms with Gasteiger partial charge in [-0.05, 0) is 30.2 Å². The van der Waals surface area contributed by atoms with Crippen LogP contribution in [0.4, 0.5) is 10.5 Å². The lowest BCUT2D eigenvalue weighted by Crippen LogP contribution is -2.29. The van der Waals surface area contributed by atoms with E-state index in [1.165, 1.54) is 5.56 Å².